The second-order valence-electron chi connectivity index (χ2n) is 5.92. The molecule has 0 N–H and O–H groups in total. The molecule has 0 amide bonds. The van der Waals surface area contributed by atoms with Gasteiger partial charge in [0, 0.05) is 22.9 Å². The minimum Gasteiger partial charge on any atom is -0.496 e. The Hall–Kier alpha value is -2.39. The van der Waals surface area contributed by atoms with Crippen LogP contribution in [0, 0.1) is 0 Å². The molecule has 0 heterocycles. The van der Waals surface area contributed by atoms with Gasteiger partial charge in [-0.2, -0.15) is 0 Å². The molecule has 0 aliphatic heterocycles. The minimum atomic E-state index is 0.0778. The van der Waals surface area contributed by atoms with Crippen LogP contribution in [-0.4, -0.2) is 25.1 Å². The smallest absolute Gasteiger partial charge is 0.194 e. The zero-order valence-corrected chi connectivity index (χ0v) is 14.5. The number of fused-ring (bicyclic) bond motifs is 2. The van der Waals surface area contributed by atoms with Crippen LogP contribution in [0.25, 0.3) is 21.5 Å². The number of hydrogen-bond acceptors (Lipinski definition) is 3. The van der Waals surface area contributed by atoms with Gasteiger partial charge in [0.05, 0.1) is 7.11 Å². The van der Waals surface area contributed by atoms with E-state index in [-0.39, 0.29) is 5.43 Å². The van der Waals surface area contributed by atoms with Crippen molar-refractivity contribution in [2.24, 2.45) is 0 Å². The molecular weight excluding hydrogens is 298 g/mol. The van der Waals surface area contributed by atoms with Crippen LogP contribution in [0.5, 0.6) is 5.75 Å². The lowest BCUT2D eigenvalue weighted by Crippen LogP contribution is -2.22. The molecule has 3 aromatic rings. The van der Waals surface area contributed by atoms with E-state index in [1.165, 1.54) is 0 Å². The first-order chi connectivity index (χ1) is 11.7. The van der Waals surface area contributed by atoms with Crippen molar-refractivity contribution in [1.82, 2.24) is 4.90 Å². The molecule has 3 aromatic carbocycles. The average molecular weight is 321 g/mol. The first kappa shape index (κ1) is 16.5. The standard InChI is InChI=1S/C21H23NO2/c1-4-22(5-2)14-19-17-11-10-15-8-6-7-9-16(15)21(23)18(17)12-13-20(19)24-3/h6-13H,4-5,14H2,1-3H3. The predicted molar refractivity (Wildman–Crippen MR) is 101 cm³/mol. The fourth-order valence-electron chi connectivity index (χ4n) is 3.23. The van der Waals surface area contributed by atoms with Crippen molar-refractivity contribution < 1.29 is 4.74 Å². The molecule has 24 heavy (non-hydrogen) atoms. The largest absolute Gasteiger partial charge is 0.496 e. The van der Waals surface area contributed by atoms with Crippen LogP contribution >= 0.6 is 0 Å². The van der Waals surface area contributed by atoms with Gasteiger partial charge in [-0.3, -0.25) is 9.69 Å². The molecule has 0 aliphatic rings. The molecule has 0 aromatic heterocycles. The summed E-state index contributed by atoms with van der Waals surface area (Å²) >= 11 is 0. The molecule has 0 saturated carbocycles. The Morgan fingerprint density at radius 2 is 1.58 bits per heavy atom. The first-order valence-electron chi connectivity index (χ1n) is 8.43. The van der Waals surface area contributed by atoms with Gasteiger partial charge in [-0.25, -0.2) is 0 Å². The summed E-state index contributed by atoms with van der Waals surface area (Å²) < 4.78 is 5.58. The molecule has 0 aliphatic carbocycles. The second-order valence-corrected chi connectivity index (χ2v) is 5.92. The fourth-order valence-corrected chi connectivity index (χ4v) is 3.23. The monoisotopic (exact) mass is 321 g/mol. The molecule has 0 spiro atoms. The van der Waals surface area contributed by atoms with Gasteiger partial charge < -0.3 is 4.74 Å². The van der Waals surface area contributed by atoms with Crippen molar-refractivity contribution in [2.75, 3.05) is 20.2 Å². The summed E-state index contributed by atoms with van der Waals surface area (Å²) in [5, 5.41) is 3.44. The van der Waals surface area contributed by atoms with Gasteiger partial charge in [-0.1, -0.05) is 50.2 Å². The van der Waals surface area contributed by atoms with Crippen LogP contribution in [0.3, 0.4) is 0 Å². The SMILES string of the molecule is CCN(CC)Cc1c(OC)ccc2c(=O)c3ccccc3ccc12. The van der Waals surface area contributed by atoms with Crippen LogP contribution in [0.2, 0.25) is 0 Å². The lowest BCUT2D eigenvalue weighted by molar-refractivity contribution is 0.290. The average Bonchev–Trinajstić information content (AvgIpc) is 2.77. The molecule has 0 bridgehead atoms. The van der Waals surface area contributed by atoms with Crippen molar-refractivity contribution >= 4 is 21.5 Å². The van der Waals surface area contributed by atoms with E-state index < -0.39 is 0 Å². The van der Waals surface area contributed by atoms with E-state index >= 15 is 0 Å². The van der Waals surface area contributed by atoms with Crippen molar-refractivity contribution in [2.45, 2.75) is 20.4 Å². The Balaban J connectivity index is 2.36. The Bertz CT molecular complexity index is 930. The van der Waals surface area contributed by atoms with E-state index in [0.29, 0.717) is 0 Å². The molecule has 0 atom stereocenters. The second kappa shape index (κ2) is 7.02. The van der Waals surface area contributed by atoms with Gasteiger partial charge in [0.25, 0.3) is 0 Å². The van der Waals surface area contributed by atoms with Gasteiger partial charge in [0.2, 0.25) is 0 Å². The summed E-state index contributed by atoms with van der Waals surface area (Å²) in [6.07, 6.45) is 0. The Morgan fingerprint density at radius 3 is 2.29 bits per heavy atom. The molecule has 3 rings (SSSR count). The van der Waals surface area contributed by atoms with Crippen molar-refractivity contribution in [3.05, 3.63) is 64.3 Å². The van der Waals surface area contributed by atoms with E-state index in [9.17, 15) is 4.79 Å². The maximum Gasteiger partial charge on any atom is 0.194 e. The highest BCUT2D eigenvalue weighted by Crippen LogP contribution is 2.28. The van der Waals surface area contributed by atoms with Gasteiger partial charge in [0.1, 0.15) is 5.75 Å². The normalized spacial score (nSPS) is 11.3. The maximum atomic E-state index is 13.0. The third-order valence-corrected chi connectivity index (χ3v) is 4.69. The molecule has 0 fully saturated rings. The topological polar surface area (TPSA) is 29.5 Å². The van der Waals surface area contributed by atoms with Crippen molar-refractivity contribution in [1.29, 1.82) is 0 Å². The molecule has 0 saturated heterocycles. The summed E-state index contributed by atoms with van der Waals surface area (Å²) in [4.78, 5) is 15.3. The van der Waals surface area contributed by atoms with Crippen LogP contribution in [0.4, 0.5) is 0 Å². The van der Waals surface area contributed by atoms with E-state index in [4.69, 9.17) is 4.74 Å². The minimum absolute atomic E-state index is 0.0778. The Kier molecular flexibility index (Phi) is 4.81. The summed E-state index contributed by atoms with van der Waals surface area (Å²) in [6.45, 7) is 6.98. The molecule has 0 unspecified atom stereocenters. The summed E-state index contributed by atoms with van der Waals surface area (Å²) in [5.74, 6) is 0.837. The van der Waals surface area contributed by atoms with Gasteiger partial charge in [-0.15, -0.1) is 0 Å². The lowest BCUT2D eigenvalue weighted by atomic mass is 10.0. The van der Waals surface area contributed by atoms with E-state index in [1.54, 1.807) is 7.11 Å². The third-order valence-electron chi connectivity index (χ3n) is 4.69. The summed E-state index contributed by atoms with van der Waals surface area (Å²) in [5.41, 5.74) is 1.16. The molecule has 3 heteroatoms. The van der Waals surface area contributed by atoms with Crippen molar-refractivity contribution in [3.8, 4) is 5.75 Å². The van der Waals surface area contributed by atoms with Gasteiger partial charge in [-0.05, 0) is 36.0 Å². The van der Waals surface area contributed by atoms with Crippen LogP contribution in [-0.2, 0) is 6.54 Å². The predicted octanol–water partition coefficient (Wildman–Crippen LogP) is 4.20. The molecule has 124 valence electrons. The zero-order chi connectivity index (χ0) is 17.1. The fraction of sp³-hybridized carbons (Fsp3) is 0.286. The van der Waals surface area contributed by atoms with E-state index in [1.807, 2.05) is 42.5 Å². The quantitative estimate of drug-likeness (QED) is 0.705. The molecule has 0 radical (unpaired) electrons. The number of rotatable bonds is 5. The van der Waals surface area contributed by atoms with E-state index in [2.05, 4.69) is 24.8 Å². The van der Waals surface area contributed by atoms with E-state index in [0.717, 1.165) is 52.5 Å². The summed E-state index contributed by atoms with van der Waals surface area (Å²) in [6, 6.07) is 15.6. The number of benzene rings is 2. The Labute approximate surface area is 142 Å². The molecule has 3 nitrogen and oxygen atoms in total. The number of ether oxygens (including phenoxy) is 1. The van der Waals surface area contributed by atoms with Crippen LogP contribution < -0.4 is 10.2 Å². The maximum absolute atomic E-state index is 13.0. The third kappa shape index (κ3) is 2.87. The van der Waals surface area contributed by atoms with Crippen LogP contribution in [0.1, 0.15) is 19.4 Å². The Morgan fingerprint density at radius 1 is 0.875 bits per heavy atom. The zero-order valence-electron chi connectivity index (χ0n) is 14.5. The first-order valence-corrected chi connectivity index (χ1v) is 8.43. The highest BCUT2D eigenvalue weighted by Gasteiger charge is 2.13. The highest BCUT2D eigenvalue weighted by molar-refractivity contribution is 5.95. The number of hydrogen-bond donors (Lipinski definition) is 0. The van der Waals surface area contributed by atoms with Crippen LogP contribution in [0.15, 0.2) is 53.3 Å². The highest BCUT2D eigenvalue weighted by atomic mass is 16.5. The van der Waals surface area contributed by atoms with Gasteiger partial charge >= 0.3 is 0 Å². The summed E-state index contributed by atoms with van der Waals surface area (Å²) in [7, 11) is 1.68. The van der Waals surface area contributed by atoms with Crippen molar-refractivity contribution in [3.63, 3.8) is 0 Å². The molecular formula is C21H23NO2. The number of nitrogens with zero attached hydrogens (tertiary/aromatic N) is 1. The lowest BCUT2D eigenvalue weighted by Gasteiger charge is -2.20. The van der Waals surface area contributed by atoms with Gasteiger partial charge in [0.15, 0.2) is 5.43 Å². The number of methoxy groups -OCH3 is 1.